The number of likely N-dealkylation sites (N-methyl/N-ethyl adjacent to an activating group) is 1. The predicted octanol–water partition coefficient (Wildman–Crippen LogP) is 1.24. The number of rotatable bonds is 7. The summed E-state index contributed by atoms with van der Waals surface area (Å²) in [7, 11) is 1.63. The summed E-state index contributed by atoms with van der Waals surface area (Å²) in [5.74, 6) is 1.08. The molecule has 0 unspecified atom stereocenters. The summed E-state index contributed by atoms with van der Waals surface area (Å²) in [6.45, 7) is 1.45. The first-order chi connectivity index (χ1) is 15.3. The Morgan fingerprint density at radius 3 is 2.78 bits per heavy atom. The first-order valence-electron chi connectivity index (χ1n) is 11.1. The lowest BCUT2D eigenvalue weighted by atomic mass is 9.87. The molecule has 1 aromatic rings. The number of alkyl halides is 1. The van der Waals surface area contributed by atoms with E-state index in [9.17, 15) is 18.8 Å². The van der Waals surface area contributed by atoms with Gasteiger partial charge >= 0.3 is 0 Å². The Morgan fingerprint density at radius 2 is 2.06 bits per heavy atom. The Kier molecular flexibility index (Phi) is 7.86. The molecule has 0 aromatic heterocycles. The second kappa shape index (κ2) is 10.6. The van der Waals surface area contributed by atoms with Gasteiger partial charge in [0.15, 0.2) is 0 Å². The van der Waals surface area contributed by atoms with Crippen molar-refractivity contribution in [2.45, 2.75) is 69.4 Å². The molecule has 0 radical (unpaired) electrons. The molecule has 2 aliphatic rings. The number of amides is 3. The molecule has 1 aliphatic carbocycles. The number of benzene rings is 1. The number of nitrogens with one attached hydrogen (secondary N) is 3. The third-order valence-corrected chi connectivity index (χ3v) is 6.28. The lowest BCUT2D eigenvalue weighted by Crippen LogP contribution is -2.55. The average Bonchev–Trinajstić information content (AvgIpc) is 3.19. The fourth-order valence-electron chi connectivity index (χ4n) is 4.39. The van der Waals surface area contributed by atoms with Gasteiger partial charge in [-0.2, -0.15) is 0 Å². The minimum absolute atomic E-state index is 0.0429. The normalized spacial score (nSPS) is 24.1. The van der Waals surface area contributed by atoms with Crippen molar-refractivity contribution in [2.24, 2.45) is 0 Å². The van der Waals surface area contributed by atoms with Crippen molar-refractivity contribution in [3.8, 4) is 12.3 Å². The molecule has 0 bridgehead atoms. The van der Waals surface area contributed by atoms with Crippen molar-refractivity contribution in [1.82, 2.24) is 20.9 Å². The summed E-state index contributed by atoms with van der Waals surface area (Å²) in [5, 5.41) is 8.44. The molecule has 32 heavy (non-hydrogen) atoms. The zero-order valence-electron chi connectivity index (χ0n) is 18.6. The van der Waals surface area contributed by atoms with Gasteiger partial charge < -0.3 is 20.9 Å². The highest BCUT2D eigenvalue weighted by molar-refractivity contribution is 5.93. The lowest BCUT2D eigenvalue weighted by Gasteiger charge is -2.31. The van der Waals surface area contributed by atoms with Crippen molar-refractivity contribution < 1.29 is 18.8 Å². The second-order valence-electron chi connectivity index (χ2n) is 8.47. The zero-order chi connectivity index (χ0) is 23.3. The summed E-state index contributed by atoms with van der Waals surface area (Å²) in [6, 6.07) is 5.31. The Labute approximate surface area is 188 Å². The van der Waals surface area contributed by atoms with E-state index in [1.165, 1.54) is 10.5 Å². The van der Waals surface area contributed by atoms with Gasteiger partial charge in [0, 0.05) is 12.8 Å². The van der Waals surface area contributed by atoms with Crippen LogP contribution in [0, 0.1) is 12.3 Å². The zero-order valence-corrected chi connectivity index (χ0v) is 18.6. The van der Waals surface area contributed by atoms with Crippen LogP contribution in [0.2, 0.25) is 0 Å². The maximum Gasteiger partial charge on any atom is 0.246 e. The molecule has 8 heteroatoms. The van der Waals surface area contributed by atoms with E-state index in [0.29, 0.717) is 0 Å². The highest BCUT2D eigenvalue weighted by Gasteiger charge is 2.43. The summed E-state index contributed by atoms with van der Waals surface area (Å²) in [6.07, 6.45) is 6.67. The quantitative estimate of drug-likeness (QED) is 0.554. The molecule has 1 heterocycles. The molecular formula is C24H31FN4O3. The Hall–Kier alpha value is -2.92. The van der Waals surface area contributed by atoms with Crippen molar-refractivity contribution >= 4 is 17.7 Å². The number of fused-ring (bicyclic) bond motifs is 1. The van der Waals surface area contributed by atoms with Crippen molar-refractivity contribution in [2.75, 3.05) is 13.6 Å². The van der Waals surface area contributed by atoms with Crippen LogP contribution in [0.15, 0.2) is 24.3 Å². The van der Waals surface area contributed by atoms with E-state index < -0.39 is 36.1 Å². The van der Waals surface area contributed by atoms with Gasteiger partial charge in [0.05, 0.1) is 18.6 Å². The lowest BCUT2D eigenvalue weighted by molar-refractivity contribution is -0.141. The van der Waals surface area contributed by atoms with Crippen LogP contribution < -0.4 is 16.0 Å². The Bertz CT molecular complexity index is 899. The number of carbonyl (C=O) groups is 3. The highest BCUT2D eigenvalue weighted by atomic mass is 19.1. The van der Waals surface area contributed by atoms with Crippen LogP contribution in [-0.2, 0) is 20.8 Å². The van der Waals surface area contributed by atoms with Gasteiger partial charge in [-0.05, 0) is 44.4 Å². The maximum absolute atomic E-state index is 14.3. The standard InChI is InChI=1S/C24H31FN4O3/c1-4-8-20(28-22(30)15(2)26-3)24(32)29-14-17(25)13-21(29)23(31)27-19-12-7-10-16-9-5-6-11-18(16)19/h1,5-6,9,11,15,17,19-21,26H,7-8,10,12-14H2,2-3H3,(H,27,31)(H,28,30)/t15-,17+,19+,20-,21-/m0/s1. The van der Waals surface area contributed by atoms with Gasteiger partial charge in [-0.25, -0.2) is 4.39 Å². The summed E-state index contributed by atoms with van der Waals surface area (Å²) < 4.78 is 14.3. The SMILES string of the molecule is C#CC[C@H](NC(=O)[C@H](C)NC)C(=O)N1C[C@H](F)C[C@H]1C(=O)N[C@@H]1CCCc2ccccc21. The first kappa shape index (κ1) is 23.7. The van der Waals surface area contributed by atoms with Crippen molar-refractivity contribution in [3.63, 3.8) is 0 Å². The summed E-state index contributed by atoms with van der Waals surface area (Å²) >= 11 is 0. The Balaban J connectivity index is 1.73. The van der Waals surface area contributed by atoms with E-state index in [4.69, 9.17) is 6.42 Å². The number of nitrogens with zero attached hydrogens (tertiary/aromatic N) is 1. The number of hydrogen-bond acceptors (Lipinski definition) is 4. The van der Waals surface area contributed by atoms with E-state index in [0.717, 1.165) is 24.8 Å². The second-order valence-corrected chi connectivity index (χ2v) is 8.47. The minimum Gasteiger partial charge on any atom is -0.347 e. The van der Waals surface area contributed by atoms with Gasteiger partial charge in [0.25, 0.3) is 0 Å². The molecule has 0 spiro atoms. The molecule has 1 aromatic carbocycles. The number of hydrogen-bond donors (Lipinski definition) is 3. The van der Waals surface area contributed by atoms with Crippen molar-refractivity contribution in [1.29, 1.82) is 0 Å². The van der Waals surface area contributed by atoms with Crippen LogP contribution in [0.25, 0.3) is 0 Å². The molecule has 7 nitrogen and oxygen atoms in total. The van der Waals surface area contributed by atoms with Crippen LogP contribution in [-0.4, -0.2) is 60.5 Å². The summed E-state index contributed by atoms with van der Waals surface area (Å²) in [5.41, 5.74) is 2.26. The largest absolute Gasteiger partial charge is 0.347 e. The predicted molar refractivity (Wildman–Crippen MR) is 119 cm³/mol. The molecule has 0 saturated carbocycles. The van der Waals surface area contributed by atoms with Crippen LogP contribution >= 0.6 is 0 Å². The highest BCUT2D eigenvalue weighted by Crippen LogP contribution is 2.30. The molecular weight excluding hydrogens is 411 g/mol. The fourth-order valence-corrected chi connectivity index (χ4v) is 4.39. The van der Waals surface area contributed by atoms with E-state index >= 15 is 0 Å². The van der Waals surface area contributed by atoms with Crippen LogP contribution in [0.4, 0.5) is 4.39 Å². The third-order valence-electron chi connectivity index (χ3n) is 6.28. The van der Waals surface area contributed by atoms with Gasteiger partial charge in [0.1, 0.15) is 18.3 Å². The molecule has 3 rings (SSSR count). The molecule has 3 N–H and O–H groups in total. The van der Waals surface area contributed by atoms with Crippen LogP contribution in [0.1, 0.15) is 49.8 Å². The van der Waals surface area contributed by atoms with Gasteiger partial charge in [0.2, 0.25) is 17.7 Å². The molecule has 3 amide bonds. The van der Waals surface area contributed by atoms with E-state index in [2.05, 4.69) is 27.9 Å². The number of aryl methyl sites for hydroxylation is 1. The number of halogens is 1. The molecule has 1 aliphatic heterocycles. The molecule has 1 fully saturated rings. The average molecular weight is 443 g/mol. The van der Waals surface area contributed by atoms with Crippen molar-refractivity contribution in [3.05, 3.63) is 35.4 Å². The van der Waals surface area contributed by atoms with Crippen LogP contribution in [0.3, 0.4) is 0 Å². The summed E-state index contributed by atoms with van der Waals surface area (Å²) in [4.78, 5) is 39.8. The van der Waals surface area contributed by atoms with Gasteiger partial charge in [-0.1, -0.05) is 24.3 Å². The number of carbonyl (C=O) groups excluding carboxylic acids is 3. The first-order valence-corrected chi connectivity index (χ1v) is 11.1. The van der Waals surface area contributed by atoms with E-state index in [1.807, 2.05) is 18.2 Å². The topological polar surface area (TPSA) is 90.5 Å². The third kappa shape index (κ3) is 5.28. The molecule has 5 atom stereocenters. The molecule has 1 saturated heterocycles. The fraction of sp³-hybridized carbons (Fsp3) is 0.542. The van der Waals surface area contributed by atoms with E-state index in [1.54, 1.807) is 14.0 Å². The van der Waals surface area contributed by atoms with Gasteiger partial charge in [-0.3, -0.25) is 14.4 Å². The van der Waals surface area contributed by atoms with E-state index in [-0.39, 0.29) is 31.3 Å². The molecule has 172 valence electrons. The number of likely N-dealkylation sites (tertiary alicyclic amines) is 1. The monoisotopic (exact) mass is 442 g/mol. The van der Waals surface area contributed by atoms with Crippen LogP contribution in [0.5, 0.6) is 0 Å². The Morgan fingerprint density at radius 1 is 1.31 bits per heavy atom. The minimum atomic E-state index is -1.31. The number of terminal acetylenes is 1. The smallest absolute Gasteiger partial charge is 0.246 e. The maximum atomic E-state index is 14.3. The van der Waals surface area contributed by atoms with Gasteiger partial charge in [-0.15, -0.1) is 12.3 Å².